The Kier molecular flexibility index (Phi) is 4.51. The van der Waals surface area contributed by atoms with E-state index in [1.54, 1.807) is 11.8 Å². The van der Waals surface area contributed by atoms with Gasteiger partial charge in [0.2, 0.25) is 0 Å². The van der Waals surface area contributed by atoms with Gasteiger partial charge in [-0.15, -0.1) is 11.8 Å². The van der Waals surface area contributed by atoms with E-state index in [4.69, 9.17) is 0 Å². The van der Waals surface area contributed by atoms with E-state index < -0.39 is 0 Å². The van der Waals surface area contributed by atoms with Crippen LogP contribution in [0.1, 0.15) is 25.3 Å². The zero-order chi connectivity index (χ0) is 13.0. The van der Waals surface area contributed by atoms with Gasteiger partial charge in [0.1, 0.15) is 6.07 Å². The zero-order valence-corrected chi connectivity index (χ0v) is 11.4. The molecule has 4 heteroatoms. The normalized spacial score (nSPS) is 19.6. The van der Waals surface area contributed by atoms with E-state index in [1.165, 1.54) is 0 Å². The lowest BCUT2D eigenvalue weighted by Crippen LogP contribution is -2.38. The van der Waals surface area contributed by atoms with Crippen LogP contribution < -0.4 is 4.90 Å². The molecule has 0 bridgehead atoms. The zero-order valence-electron chi connectivity index (χ0n) is 10.6. The number of rotatable bonds is 3. The third-order valence-electron chi connectivity index (χ3n) is 3.15. The molecule has 1 aliphatic heterocycles. The highest BCUT2D eigenvalue weighted by atomic mass is 32.2. The van der Waals surface area contributed by atoms with Crippen LogP contribution in [0, 0.1) is 11.3 Å². The van der Waals surface area contributed by atoms with Gasteiger partial charge >= 0.3 is 0 Å². The number of nitrogens with zero attached hydrogens (tertiary/aromatic N) is 2. The monoisotopic (exact) mass is 262 g/mol. The third kappa shape index (κ3) is 2.80. The van der Waals surface area contributed by atoms with Gasteiger partial charge in [-0.1, -0.05) is 13.0 Å². The Labute approximate surface area is 112 Å². The van der Waals surface area contributed by atoms with Crippen molar-refractivity contribution in [2.75, 3.05) is 23.7 Å². The molecule has 3 nitrogen and oxygen atoms in total. The maximum absolute atomic E-state index is 9.75. The smallest absolute Gasteiger partial charge is 0.103 e. The van der Waals surface area contributed by atoms with Crippen LogP contribution in [0.2, 0.25) is 0 Å². The van der Waals surface area contributed by atoms with Crippen molar-refractivity contribution in [3.63, 3.8) is 0 Å². The highest BCUT2D eigenvalue weighted by molar-refractivity contribution is 7.99. The number of aliphatic hydroxyl groups excluding tert-OH is 1. The van der Waals surface area contributed by atoms with Crippen LogP contribution >= 0.6 is 11.8 Å². The average molecular weight is 262 g/mol. The van der Waals surface area contributed by atoms with Crippen molar-refractivity contribution in [2.45, 2.75) is 30.8 Å². The topological polar surface area (TPSA) is 47.3 Å². The summed E-state index contributed by atoms with van der Waals surface area (Å²) >= 11 is 1.69. The Bertz CT molecular complexity index is 456. The molecule has 1 aromatic carbocycles. The predicted octanol–water partition coefficient (Wildman–Crippen LogP) is 2.63. The van der Waals surface area contributed by atoms with Gasteiger partial charge in [0.15, 0.2) is 0 Å². The van der Waals surface area contributed by atoms with E-state index in [0.717, 1.165) is 41.3 Å². The maximum Gasteiger partial charge on any atom is 0.103 e. The molecule has 18 heavy (non-hydrogen) atoms. The van der Waals surface area contributed by atoms with Crippen molar-refractivity contribution >= 4 is 17.4 Å². The number of hydrogen-bond acceptors (Lipinski definition) is 4. The molecule has 0 aliphatic carbocycles. The van der Waals surface area contributed by atoms with Crippen LogP contribution in [0.15, 0.2) is 23.1 Å². The molecule has 1 fully saturated rings. The summed E-state index contributed by atoms with van der Waals surface area (Å²) in [4.78, 5) is 3.17. The van der Waals surface area contributed by atoms with Crippen molar-refractivity contribution < 1.29 is 5.11 Å². The highest BCUT2D eigenvalue weighted by Gasteiger charge is 2.21. The maximum atomic E-state index is 9.75. The predicted molar refractivity (Wildman–Crippen MR) is 75.0 cm³/mol. The minimum atomic E-state index is -0.271. The summed E-state index contributed by atoms with van der Waals surface area (Å²) < 4.78 is 0. The first-order valence-electron chi connectivity index (χ1n) is 6.35. The minimum Gasteiger partial charge on any atom is -0.391 e. The first-order valence-corrected chi connectivity index (χ1v) is 7.33. The summed E-state index contributed by atoms with van der Waals surface area (Å²) in [6.45, 7) is 3.64. The van der Waals surface area contributed by atoms with Gasteiger partial charge in [-0.05, 0) is 30.7 Å². The second kappa shape index (κ2) is 6.12. The minimum absolute atomic E-state index is 0.271. The Balaban J connectivity index is 2.32. The van der Waals surface area contributed by atoms with Crippen LogP contribution in [0.25, 0.3) is 0 Å². The average Bonchev–Trinajstić information content (AvgIpc) is 2.39. The molecular formula is C14H18N2OS. The number of anilines is 1. The number of hydrogen-bond donors (Lipinski definition) is 1. The number of nitriles is 1. The van der Waals surface area contributed by atoms with Crippen molar-refractivity contribution in [1.29, 1.82) is 5.26 Å². The Morgan fingerprint density at radius 1 is 1.56 bits per heavy atom. The molecule has 1 N–H and O–H groups in total. The van der Waals surface area contributed by atoms with Crippen molar-refractivity contribution in [3.8, 4) is 6.07 Å². The standard InChI is InChI=1S/C14H18N2OS/c1-2-18-14-7-3-6-13(12(14)9-15)16-8-4-5-11(17)10-16/h3,6-7,11,17H,2,4-5,8,10H2,1H3/t11-/m0/s1. The van der Waals surface area contributed by atoms with Crippen molar-refractivity contribution in [3.05, 3.63) is 23.8 Å². The Morgan fingerprint density at radius 3 is 3.06 bits per heavy atom. The largest absolute Gasteiger partial charge is 0.391 e. The molecule has 1 atom stereocenters. The molecule has 0 radical (unpaired) electrons. The summed E-state index contributed by atoms with van der Waals surface area (Å²) in [7, 11) is 0. The molecule has 2 rings (SSSR count). The fraction of sp³-hybridized carbons (Fsp3) is 0.500. The molecule has 96 valence electrons. The summed E-state index contributed by atoms with van der Waals surface area (Å²) in [5.41, 5.74) is 1.72. The molecule has 1 heterocycles. The second-order valence-electron chi connectivity index (χ2n) is 4.44. The molecule has 0 amide bonds. The lowest BCUT2D eigenvalue weighted by molar-refractivity contribution is 0.154. The quantitative estimate of drug-likeness (QED) is 0.851. The summed E-state index contributed by atoms with van der Waals surface area (Å²) in [6.07, 6.45) is 1.58. The number of thioether (sulfide) groups is 1. The van der Waals surface area contributed by atoms with E-state index in [1.807, 2.05) is 18.2 Å². The Morgan fingerprint density at radius 2 is 2.39 bits per heavy atom. The molecule has 1 saturated heterocycles. The lowest BCUT2D eigenvalue weighted by Gasteiger charge is -2.32. The SMILES string of the molecule is CCSc1cccc(N2CCC[C@H](O)C2)c1C#N. The van der Waals surface area contributed by atoms with E-state index in [9.17, 15) is 10.4 Å². The summed E-state index contributed by atoms with van der Waals surface area (Å²) in [5, 5.41) is 19.1. The molecule has 0 saturated carbocycles. The van der Waals surface area contributed by atoms with Gasteiger partial charge in [-0.2, -0.15) is 5.26 Å². The second-order valence-corrected chi connectivity index (χ2v) is 5.74. The van der Waals surface area contributed by atoms with Gasteiger partial charge < -0.3 is 10.0 Å². The Hall–Kier alpha value is -1.18. The van der Waals surface area contributed by atoms with Crippen LogP contribution in [0.4, 0.5) is 5.69 Å². The van der Waals surface area contributed by atoms with E-state index in [0.29, 0.717) is 6.54 Å². The van der Waals surface area contributed by atoms with E-state index in [2.05, 4.69) is 17.9 Å². The third-order valence-corrected chi connectivity index (χ3v) is 4.09. The first-order chi connectivity index (χ1) is 8.76. The van der Waals surface area contributed by atoms with Crippen LogP contribution in [-0.2, 0) is 0 Å². The number of β-amino-alcohol motifs (C(OH)–C–C–N with tert-alkyl or cyclic N) is 1. The van der Waals surface area contributed by atoms with Crippen LogP contribution in [0.3, 0.4) is 0 Å². The van der Waals surface area contributed by atoms with Gasteiger partial charge in [0.05, 0.1) is 17.4 Å². The van der Waals surface area contributed by atoms with Gasteiger partial charge in [-0.25, -0.2) is 0 Å². The molecule has 0 unspecified atom stereocenters. The van der Waals surface area contributed by atoms with Crippen LogP contribution in [0.5, 0.6) is 0 Å². The first kappa shape index (κ1) is 13.3. The molecule has 0 aromatic heterocycles. The van der Waals surface area contributed by atoms with Crippen molar-refractivity contribution in [2.24, 2.45) is 0 Å². The molecule has 0 spiro atoms. The summed E-state index contributed by atoms with van der Waals surface area (Å²) in [5.74, 6) is 0.959. The van der Waals surface area contributed by atoms with E-state index >= 15 is 0 Å². The van der Waals surface area contributed by atoms with Gasteiger partial charge in [0.25, 0.3) is 0 Å². The molecule has 1 aliphatic rings. The lowest BCUT2D eigenvalue weighted by atomic mass is 10.1. The fourth-order valence-corrected chi connectivity index (χ4v) is 3.13. The highest BCUT2D eigenvalue weighted by Crippen LogP contribution is 2.31. The van der Waals surface area contributed by atoms with Gasteiger partial charge in [0, 0.05) is 18.0 Å². The van der Waals surface area contributed by atoms with Crippen molar-refractivity contribution in [1.82, 2.24) is 0 Å². The van der Waals surface area contributed by atoms with Gasteiger partial charge in [-0.3, -0.25) is 0 Å². The number of piperidine rings is 1. The fourth-order valence-electron chi connectivity index (χ4n) is 2.34. The number of benzene rings is 1. The molecular weight excluding hydrogens is 244 g/mol. The number of aliphatic hydroxyl groups is 1. The van der Waals surface area contributed by atoms with E-state index in [-0.39, 0.29) is 6.10 Å². The summed E-state index contributed by atoms with van der Waals surface area (Å²) in [6, 6.07) is 8.29. The molecule has 1 aromatic rings. The van der Waals surface area contributed by atoms with Crippen LogP contribution in [-0.4, -0.2) is 30.1 Å².